The van der Waals surface area contributed by atoms with Gasteiger partial charge in [-0.05, 0) is 12.1 Å². The van der Waals surface area contributed by atoms with Gasteiger partial charge in [-0.1, -0.05) is 6.07 Å². The van der Waals surface area contributed by atoms with Crippen molar-refractivity contribution in [3.8, 4) is 15.6 Å². The summed E-state index contributed by atoms with van der Waals surface area (Å²) in [5.41, 5.74) is 0.0193. The highest BCUT2D eigenvalue weighted by Crippen LogP contribution is 2.31. The number of rotatable bonds is 8. The number of nitrogens with one attached hydrogen (secondary N) is 1. The summed E-state index contributed by atoms with van der Waals surface area (Å²) in [5.74, 6) is -2.10. The Bertz CT molecular complexity index is 943. The highest BCUT2D eigenvalue weighted by atomic mass is 32.1. The number of halogens is 2. The van der Waals surface area contributed by atoms with Crippen LogP contribution in [0.4, 0.5) is 14.5 Å². The van der Waals surface area contributed by atoms with Gasteiger partial charge in [0.25, 0.3) is 5.91 Å². The smallest absolute Gasteiger partial charge is 0.275 e. The molecule has 1 amide bonds. The lowest BCUT2D eigenvalue weighted by molar-refractivity contribution is 0.0759. The summed E-state index contributed by atoms with van der Waals surface area (Å²) in [4.78, 5) is 16.4. The van der Waals surface area contributed by atoms with Gasteiger partial charge < -0.3 is 20.3 Å². The molecule has 7 nitrogen and oxygen atoms in total. The van der Waals surface area contributed by atoms with Gasteiger partial charge in [0.2, 0.25) is 5.06 Å². The number of aliphatic hydroxyl groups is 2. The highest BCUT2D eigenvalue weighted by Gasteiger charge is 2.19. The number of benzene rings is 1. The van der Waals surface area contributed by atoms with E-state index in [0.717, 1.165) is 35.0 Å². The number of carbonyl (C=O) groups excluding carboxylic acids is 1. The number of hydrogen-bond acceptors (Lipinski definition) is 8. The zero-order valence-electron chi connectivity index (χ0n) is 14.3. The Labute approximate surface area is 166 Å². The Morgan fingerprint density at radius 1 is 1.32 bits per heavy atom. The molecule has 0 bridgehead atoms. The Balaban J connectivity index is 1.68. The molecule has 0 aliphatic rings. The summed E-state index contributed by atoms with van der Waals surface area (Å²) in [6.07, 6.45) is 0.716. The third kappa shape index (κ3) is 4.68. The number of carbonyl (C=O) groups is 1. The van der Waals surface area contributed by atoms with Crippen molar-refractivity contribution in [3.63, 3.8) is 0 Å². The molecular weight excluding hydrogens is 412 g/mol. The molecule has 1 unspecified atom stereocenters. The van der Waals surface area contributed by atoms with Gasteiger partial charge in [0.05, 0.1) is 31.1 Å². The molecule has 0 aliphatic heterocycles. The summed E-state index contributed by atoms with van der Waals surface area (Å²) >= 11 is 1.95. The molecule has 1 atom stereocenters. The van der Waals surface area contributed by atoms with E-state index in [1.54, 1.807) is 0 Å². The van der Waals surface area contributed by atoms with Gasteiger partial charge in [0.1, 0.15) is 28.0 Å². The van der Waals surface area contributed by atoms with Gasteiger partial charge in [-0.3, -0.25) is 4.79 Å². The van der Waals surface area contributed by atoms with Crippen LogP contribution in [0.15, 0.2) is 29.8 Å². The number of thiazole rings is 1. The fourth-order valence-corrected chi connectivity index (χ4v) is 3.62. The molecule has 11 heteroatoms. The maximum Gasteiger partial charge on any atom is 0.275 e. The second-order valence-electron chi connectivity index (χ2n) is 5.59. The Morgan fingerprint density at radius 2 is 2.07 bits per heavy atom. The van der Waals surface area contributed by atoms with Crippen molar-refractivity contribution >= 4 is 34.5 Å². The summed E-state index contributed by atoms with van der Waals surface area (Å²) < 4.78 is 37.1. The quantitative estimate of drug-likeness (QED) is 0.511. The first-order valence-corrected chi connectivity index (χ1v) is 9.72. The molecular formula is C17H15F2N3O4S2. The molecule has 28 heavy (non-hydrogen) atoms. The molecule has 148 valence electrons. The predicted octanol–water partition coefficient (Wildman–Crippen LogP) is 2.92. The van der Waals surface area contributed by atoms with Crippen LogP contribution in [0.1, 0.15) is 16.9 Å². The van der Waals surface area contributed by atoms with Crippen molar-refractivity contribution in [2.75, 3.05) is 18.5 Å². The van der Waals surface area contributed by atoms with Gasteiger partial charge in [-0.25, -0.2) is 13.8 Å². The summed E-state index contributed by atoms with van der Waals surface area (Å²) in [5, 5.41) is 22.5. The van der Waals surface area contributed by atoms with E-state index in [-0.39, 0.29) is 35.9 Å². The first-order valence-electron chi connectivity index (χ1n) is 8.07. The number of amides is 1. The van der Waals surface area contributed by atoms with Gasteiger partial charge in [-0.15, -0.1) is 11.3 Å². The van der Waals surface area contributed by atoms with Gasteiger partial charge in [-0.2, -0.15) is 4.37 Å². The number of nitrogens with zero attached hydrogens (tertiary/aromatic N) is 2. The van der Waals surface area contributed by atoms with Crippen molar-refractivity contribution < 1.29 is 28.5 Å². The average Bonchev–Trinajstić information content (AvgIpc) is 3.31. The average molecular weight is 427 g/mol. The lowest BCUT2D eigenvalue weighted by atomic mass is 10.2. The molecule has 3 aromatic rings. The number of hydrogen-bond donors (Lipinski definition) is 3. The minimum atomic E-state index is -0.891. The second kappa shape index (κ2) is 9.15. The molecule has 0 saturated carbocycles. The van der Waals surface area contributed by atoms with Crippen LogP contribution in [0.3, 0.4) is 0 Å². The molecule has 2 aromatic heterocycles. The number of aromatic nitrogens is 2. The molecule has 0 aliphatic carbocycles. The number of aliphatic hydroxyl groups excluding tert-OH is 2. The van der Waals surface area contributed by atoms with E-state index in [9.17, 15) is 18.7 Å². The minimum Gasteiger partial charge on any atom is -0.481 e. The molecule has 2 heterocycles. The van der Waals surface area contributed by atoms with Crippen LogP contribution < -0.4 is 10.1 Å². The van der Waals surface area contributed by atoms with Gasteiger partial charge in [0.15, 0.2) is 0 Å². The molecule has 3 rings (SSSR count). The minimum absolute atomic E-state index is 0.00416. The summed E-state index contributed by atoms with van der Waals surface area (Å²) in [7, 11) is 0. The molecule has 0 spiro atoms. The maximum absolute atomic E-state index is 13.9. The van der Waals surface area contributed by atoms with Crippen molar-refractivity contribution in [3.05, 3.63) is 47.1 Å². The van der Waals surface area contributed by atoms with Crippen LogP contribution in [0.5, 0.6) is 5.06 Å². The van der Waals surface area contributed by atoms with E-state index in [1.807, 2.05) is 0 Å². The first kappa shape index (κ1) is 20.3. The van der Waals surface area contributed by atoms with Crippen molar-refractivity contribution in [2.24, 2.45) is 0 Å². The Kier molecular flexibility index (Phi) is 6.62. The SMILES string of the molecule is O=C(Nc1cnsc1OCCC(O)CO)c1csc(-c2c(F)cccc2F)n1. The van der Waals surface area contributed by atoms with E-state index >= 15 is 0 Å². The van der Waals surface area contributed by atoms with Crippen LogP contribution in [0.25, 0.3) is 10.6 Å². The normalized spacial score (nSPS) is 12.0. The van der Waals surface area contributed by atoms with Crippen LogP contribution in [-0.2, 0) is 0 Å². The van der Waals surface area contributed by atoms with Crippen LogP contribution in [0, 0.1) is 11.6 Å². The number of anilines is 1. The molecule has 1 aromatic carbocycles. The zero-order chi connectivity index (χ0) is 20.1. The third-order valence-electron chi connectivity index (χ3n) is 3.59. The fraction of sp³-hybridized carbons (Fsp3) is 0.235. The van der Waals surface area contributed by atoms with Crippen LogP contribution >= 0.6 is 22.9 Å². The first-order chi connectivity index (χ1) is 13.5. The van der Waals surface area contributed by atoms with Crippen LogP contribution in [0.2, 0.25) is 0 Å². The Morgan fingerprint density at radius 3 is 2.79 bits per heavy atom. The highest BCUT2D eigenvalue weighted by molar-refractivity contribution is 7.13. The fourth-order valence-electron chi connectivity index (χ4n) is 2.18. The van der Waals surface area contributed by atoms with E-state index < -0.39 is 23.6 Å². The molecule has 0 radical (unpaired) electrons. The molecule has 3 N–H and O–H groups in total. The molecule has 0 saturated heterocycles. The van der Waals surface area contributed by atoms with Crippen molar-refractivity contribution in [1.82, 2.24) is 9.36 Å². The lowest BCUT2D eigenvalue weighted by Crippen LogP contribution is -2.16. The van der Waals surface area contributed by atoms with E-state index in [2.05, 4.69) is 14.7 Å². The van der Waals surface area contributed by atoms with Crippen LogP contribution in [-0.4, -0.2) is 44.8 Å². The predicted molar refractivity (Wildman–Crippen MR) is 101 cm³/mol. The van der Waals surface area contributed by atoms with Crippen molar-refractivity contribution in [1.29, 1.82) is 0 Å². The lowest BCUT2D eigenvalue weighted by Gasteiger charge is -2.09. The largest absolute Gasteiger partial charge is 0.481 e. The monoisotopic (exact) mass is 427 g/mol. The standard InChI is InChI=1S/C17H15F2N3O4S2/c18-10-2-1-3-11(19)14(10)16-22-13(8-27-16)15(25)21-12-6-20-28-17(12)26-5-4-9(24)7-23/h1-3,6,8-9,23-24H,4-5,7H2,(H,21,25). The van der Waals surface area contributed by atoms with Gasteiger partial charge >= 0.3 is 0 Å². The Hall–Kier alpha value is -2.47. The summed E-state index contributed by atoms with van der Waals surface area (Å²) in [6, 6.07) is 3.49. The van der Waals surface area contributed by atoms with E-state index in [4.69, 9.17) is 9.84 Å². The topological polar surface area (TPSA) is 105 Å². The number of ether oxygens (including phenoxy) is 1. The maximum atomic E-state index is 13.9. The summed E-state index contributed by atoms with van der Waals surface area (Å²) in [6.45, 7) is -0.245. The van der Waals surface area contributed by atoms with E-state index in [1.165, 1.54) is 17.6 Å². The molecule has 0 fully saturated rings. The second-order valence-corrected chi connectivity index (χ2v) is 7.21. The van der Waals surface area contributed by atoms with E-state index in [0.29, 0.717) is 10.8 Å². The third-order valence-corrected chi connectivity index (χ3v) is 5.17. The van der Waals surface area contributed by atoms with Crippen molar-refractivity contribution in [2.45, 2.75) is 12.5 Å². The zero-order valence-corrected chi connectivity index (χ0v) is 15.9. The van der Waals surface area contributed by atoms with Gasteiger partial charge in [0, 0.05) is 23.3 Å².